The second-order valence-corrected chi connectivity index (χ2v) is 11.3. The normalized spacial score (nSPS) is 41.1. The zero-order valence-corrected chi connectivity index (χ0v) is 25.6. The molecule has 3 heterocycles. The van der Waals surface area contributed by atoms with Crippen molar-refractivity contribution in [2.45, 2.75) is 126 Å². The van der Waals surface area contributed by atoms with Crippen LogP contribution in [0.4, 0.5) is 0 Å². The number of carbonyl (C=O) groups excluding carboxylic acids is 4. The Morgan fingerprint density at radius 1 is 0.630 bits per heavy atom. The molecule has 0 radical (unpaired) electrons. The third-order valence-electron chi connectivity index (χ3n) is 7.63. The molecule has 0 bridgehead atoms. The highest BCUT2D eigenvalue weighted by Gasteiger charge is 2.56. The molecule has 0 aromatic rings. The average Bonchev–Trinajstić information content (AvgIpc) is 2.94. The predicted octanol–water partition coefficient (Wildman–Crippen LogP) is -5.88. The van der Waals surface area contributed by atoms with Crippen LogP contribution in [0.2, 0.25) is 0 Å². The van der Waals surface area contributed by atoms with Crippen LogP contribution in [-0.2, 0) is 47.7 Å². The SMILES string of the molecule is CC(=O)N[C@@H]1[C@@H](NC(C)=O)[C@H](O[C@H]2[C@@H](O)[C@@H](C)OC(O)[C@@H]2NC(C)=O)O[C@H](C(=O)O)[C@H]1O[C@H]1O[C@H](CO)[C@H](O)[C@H](O)[C@H]1NC(C)=O. The lowest BCUT2D eigenvalue weighted by atomic mass is 9.91. The zero-order chi connectivity index (χ0) is 34.6. The number of aliphatic carboxylic acids is 1. The summed E-state index contributed by atoms with van der Waals surface area (Å²) in [5.74, 6) is -4.48. The third kappa shape index (κ3) is 8.64. The van der Waals surface area contributed by atoms with Crippen LogP contribution in [0.1, 0.15) is 34.6 Å². The molecule has 3 aliphatic heterocycles. The van der Waals surface area contributed by atoms with E-state index in [-0.39, 0.29) is 0 Å². The minimum absolute atomic E-state index is 0.645. The van der Waals surface area contributed by atoms with Crippen LogP contribution >= 0.6 is 0 Å². The van der Waals surface area contributed by atoms with Crippen molar-refractivity contribution >= 4 is 29.6 Å². The first-order chi connectivity index (χ1) is 21.5. The summed E-state index contributed by atoms with van der Waals surface area (Å²) >= 11 is 0. The summed E-state index contributed by atoms with van der Waals surface area (Å²) in [5.41, 5.74) is 0. The maximum absolute atomic E-state index is 12.6. The monoisotopic (exact) mass is 666 g/mol. The molecule has 0 spiro atoms. The maximum atomic E-state index is 12.6. The lowest BCUT2D eigenvalue weighted by Gasteiger charge is -2.50. The third-order valence-corrected chi connectivity index (χ3v) is 7.63. The first-order valence-corrected chi connectivity index (χ1v) is 14.4. The Balaban J connectivity index is 2.07. The number of hydrogen-bond donors (Lipinski definition) is 10. The Morgan fingerprint density at radius 3 is 1.63 bits per heavy atom. The van der Waals surface area contributed by atoms with Crippen molar-refractivity contribution in [2.75, 3.05) is 6.61 Å². The van der Waals surface area contributed by atoms with Gasteiger partial charge in [-0.1, -0.05) is 0 Å². The van der Waals surface area contributed by atoms with Crippen LogP contribution < -0.4 is 21.3 Å². The molecule has 46 heavy (non-hydrogen) atoms. The fourth-order valence-corrected chi connectivity index (χ4v) is 5.62. The molecule has 0 aliphatic carbocycles. The molecule has 0 aromatic carbocycles. The molecule has 3 saturated heterocycles. The van der Waals surface area contributed by atoms with Crippen LogP contribution in [0.15, 0.2) is 0 Å². The number of carbonyl (C=O) groups is 5. The summed E-state index contributed by atoms with van der Waals surface area (Å²) in [5, 5.41) is 72.1. The van der Waals surface area contributed by atoms with E-state index in [1.54, 1.807) is 0 Å². The van der Waals surface area contributed by atoms with Crippen LogP contribution in [0.25, 0.3) is 0 Å². The van der Waals surface area contributed by atoms with Crippen molar-refractivity contribution in [1.29, 1.82) is 0 Å². The Bertz CT molecular complexity index is 1130. The average molecular weight is 667 g/mol. The number of aliphatic hydroxyl groups is 5. The molecule has 20 heteroatoms. The number of ether oxygens (including phenoxy) is 5. The molecule has 3 aliphatic rings. The fourth-order valence-electron chi connectivity index (χ4n) is 5.62. The highest BCUT2D eigenvalue weighted by atomic mass is 16.7. The number of hydrogen-bond acceptors (Lipinski definition) is 15. The summed E-state index contributed by atoms with van der Waals surface area (Å²) in [6.07, 6.45) is -18.1. The molecule has 0 aromatic heterocycles. The highest BCUT2D eigenvalue weighted by Crippen LogP contribution is 2.32. The Morgan fingerprint density at radius 2 is 1.11 bits per heavy atom. The van der Waals surface area contributed by atoms with E-state index in [4.69, 9.17) is 23.7 Å². The highest BCUT2D eigenvalue weighted by molar-refractivity contribution is 5.77. The number of carboxylic acid groups (broad SMARTS) is 1. The van der Waals surface area contributed by atoms with Gasteiger partial charge in [-0.05, 0) is 6.92 Å². The summed E-state index contributed by atoms with van der Waals surface area (Å²) < 4.78 is 28.5. The summed E-state index contributed by atoms with van der Waals surface area (Å²) in [6.45, 7) is 4.96. The molecule has 20 nitrogen and oxygen atoms in total. The molecule has 3 rings (SSSR count). The first-order valence-electron chi connectivity index (χ1n) is 14.4. The number of aliphatic hydroxyl groups excluding tert-OH is 5. The largest absolute Gasteiger partial charge is 0.479 e. The van der Waals surface area contributed by atoms with Gasteiger partial charge < -0.3 is 75.6 Å². The summed E-state index contributed by atoms with van der Waals surface area (Å²) in [7, 11) is 0. The van der Waals surface area contributed by atoms with Gasteiger partial charge in [0.05, 0.1) is 18.8 Å². The topological polar surface area (TPSA) is 301 Å². The molecule has 262 valence electrons. The van der Waals surface area contributed by atoms with Gasteiger partial charge in [0, 0.05) is 27.7 Å². The molecule has 4 amide bonds. The molecule has 0 saturated carbocycles. The van der Waals surface area contributed by atoms with Crippen LogP contribution in [-0.4, -0.2) is 159 Å². The van der Waals surface area contributed by atoms with Crippen molar-refractivity contribution in [2.24, 2.45) is 0 Å². The van der Waals surface area contributed by atoms with Crippen molar-refractivity contribution in [3.63, 3.8) is 0 Å². The maximum Gasteiger partial charge on any atom is 0.335 e. The number of carboxylic acids is 1. The number of rotatable bonds is 10. The van der Waals surface area contributed by atoms with E-state index in [1.165, 1.54) is 6.92 Å². The lowest BCUT2D eigenvalue weighted by Crippen LogP contribution is -2.74. The lowest BCUT2D eigenvalue weighted by molar-refractivity contribution is -0.332. The van der Waals surface area contributed by atoms with Gasteiger partial charge in [0.25, 0.3) is 0 Å². The second-order valence-electron chi connectivity index (χ2n) is 11.3. The van der Waals surface area contributed by atoms with E-state index < -0.39 is 128 Å². The summed E-state index contributed by atoms with van der Waals surface area (Å²) in [4.78, 5) is 61.2. The van der Waals surface area contributed by atoms with Gasteiger partial charge in [-0.2, -0.15) is 0 Å². The van der Waals surface area contributed by atoms with E-state index >= 15 is 0 Å². The standard InChI is InChI=1S/C26H42N4O16/c1-7-17(36)20(16(24(41)42-7)30-11(5)35)44-25-14(28-9(3)33)13(27-8(2)32)21(22(46-25)23(39)40)45-26-15(29-10(4)34)19(38)18(37)12(6-31)43-26/h7,12-22,24-26,31,36-38,41H,6H2,1-5H3,(H,27,32)(H,28,33)(H,29,34)(H,30,35)(H,39,40)/t7-,12-,13-,14-,15-,16-,17+,18+,19-,20-,21+,22+,24?,25-,26-/m1/s1. The molecule has 15 atom stereocenters. The van der Waals surface area contributed by atoms with Gasteiger partial charge in [0.1, 0.15) is 54.7 Å². The predicted molar refractivity (Wildman–Crippen MR) is 147 cm³/mol. The van der Waals surface area contributed by atoms with Crippen LogP contribution in [0, 0.1) is 0 Å². The van der Waals surface area contributed by atoms with Crippen molar-refractivity contribution in [1.82, 2.24) is 21.3 Å². The van der Waals surface area contributed by atoms with Crippen molar-refractivity contribution in [3.05, 3.63) is 0 Å². The zero-order valence-electron chi connectivity index (χ0n) is 25.6. The molecular formula is C26H42N4O16. The molecule has 3 fully saturated rings. The van der Waals surface area contributed by atoms with Crippen molar-refractivity contribution < 1.29 is 78.3 Å². The smallest absolute Gasteiger partial charge is 0.335 e. The van der Waals surface area contributed by atoms with Gasteiger partial charge in [-0.25, -0.2) is 4.79 Å². The van der Waals surface area contributed by atoms with Crippen LogP contribution in [0.5, 0.6) is 0 Å². The van der Waals surface area contributed by atoms with E-state index in [9.17, 15) is 54.6 Å². The van der Waals surface area contributed by atoms with Gasteiger partial charge in [-0.15, -0.1) is 0 Å². The van der Waals surface area contributed by atoms with E-state index in [0.717, 1.165) is 27.7 Å². The first kappa shape index (κ1) is 37.4. The van der Waals surface area contributed by atoms with E-state index in [0.29, 0.717) is 0 Å². The Kier molecular flexibility index (Phi) is 12.8. The summed E-state index contributed by atoms with van der Waals surface area (Å²) in [6, 6.07) is -5.94. The van der Waals surface area contributed by atoms with E-state index in [1.807, 2.05) is 0 Å². The minimum atomic E-state index is -2.05. The fraction of sp³-hybridized carbons (Fsp3) is 0.808. The molecular weight excluding hydrogens is 624 g/mol. The van der Waals surface area contributed by atoms with Gasteiger partial charge in [0.15, 0.2) is 25.0 Å². The van der Waals surface area contributed by atoms with Gasteiger partial charge in [0.2, 0.25) is 23.6 Å². The Labute approximate surface area is 262 Å². The van der Waals surface area contributed by atoms with Gasteiger partial charge >= 0.3 is 5.97 Å². The van der Waals surface area contributed by atoms with Crippen molar-refractivity contribution in [3.8, 4) is 0 Å². The Hall–Kier alpha value is -3.05. The molecule has 10 N–H and O–H groups in total. The molecule has 1 unspecified atom stereocenters. The van der Waals surface area contributed by atoms with Crippen LogP contribution in [0.3, 0.4) is 0 Å². The minimum Gasteiger partial charge on any atom is -0.479 e. The van der Waals surface area contributed by atoms with Gasteiger partial charge in [-0.3, -0.25) is 19.2 Å². The van der Waals surface area contributed by atoms with E-state index in [2.05, 4.69) is 21.3 Å². The number of amides is 4. The number of nitrogens with one attached hydrogen (secondary N) is 4. The quantitative estimate of drug-likeness (QED) is 0.104. The second kappa shape index (κ2) is 15.7.